The van der Waals surface area contributed by atoms with E-state index in [1.54, 1.807) is 11.1 Å². The fraction of sp³-hybridized carbons (Fsp3) is 0.324. The SMILES string of the molecule is C=C[C@H](C)/C=C(\C=C(/C)CN1CCC(F)(F)C1)c1ccc2[nH]nc(-c3cc4c(-c5cc(F)cc(NCCN(C)C)c5)nccc4[nH]3)c2n1. The molecule has 48 heavy (non-hydrogen) atoms. The molecule has 0 spiro atoms. The van der Waals surface area contributed by atoms with Crippen LogP contribution in [0.3, 0.4) is 0 Å². The van der Waals surface area contributed by atoms with Crippen LogP contribution in [-0.4, -0.2) is 87.7 Å². The van der Waals surface area contributed by atoms with Crippen molar-refractivity contribution in [1.29, 1.82) is 0 Å². The monoisotopic (exact) mass is 654 g/mol. The van der Waals surface area contributed by atoms with Crippen molar-refractivity contribution in [3.05, 3.63) is 90.6 Å². The second-order valence-electron chi connectivity index (χ2n) is 13.0. The maximum Gasteiger partial charge on any atom is 0.261 e. The predicted molar refractivity (Wildman–Crippen MR) is 189 cm³/mol. The summed E-state index contributed by atoms with van der Waals surface area (Å²) >= 11 is 0. The van der Waals surface area contributed by atoms with Crippen LogP contribution in [0.15, 0.2) is 79.0 Å². The number of fused-ring (bicyclic) bond motifs is 2. The smallest absolute Gasteiger partial charge is 0.261 e. The van der Waals surface area contributed by atoms with Crippen molar-refractivity contribution in [2.75, 3.05) is 52.1 Å². The summed E-state index contributed by atoms with van der Waals surface area (Å²) in [4.78, 5) is 17.0. The highest BCUT2D eigenvalue weighted by molar-refractivity contribution is 5.99. The molecule has 5 aromatic rings. The lowest BCUT2D eigenvalue weighted by Crippen LogP contribution is -2.26. The molecule has 0 saturated carbocycles. The molecule has 4 aromatic heterocycles. The van der Waals surface area contributed by atoms with Gasteiger partial charge in [-0.25, -0.2) is 18.2 Å². The summed E-state index contributed by atoms with van der Waals surface area (Å²) in [6, 6.07) is 12.6. The van der Waals surface area contributed by atoms with Gasteiger partial charge in [0.05, 0.1) is 29.1 Å². The maximum atomic E-state index is 14.8. The van der Waals surface area contributed by atoms with Gasteiger partial charge < -0.3 is 15.2 Å². The molecule has 1 aliphatic rings. The topological polar surface area (TPSA) is 88.8 Å². The number of halogens is 3. The minimum absolute atomic E-state index is 0.0626. The number of anilines is 1. The number of likely N-dealkylation sites (N-methyl/N-ethyl adjacent to an activating group) is 1. The maximum absolute atomic E-state index is 14.8. The second-order valence-corrected chi connectivity index (χ2v) is 13.0. The fourth-order valence-corrected chi connectivity index (χ4v) is 6.08. The number of alkyl halides is 2. The standard InChI is InChI=1S/C37H41F3N8/c1-6-23(2)15-25(16-24(3)21-48-13-10-37(39,40)22-48)30-7-8-32-35(44-30)36(46-45-32)33-20-29-31(43-33)9-11-42-34(29)26-17-27(38)19-28(18-26)41-12-14-47(4)5/h6-9,11,15-20,23,41,43H,1,10,12-14,21-22H2,2-5H3,(H,45,46)/b24-16+,25-15+/t23-/m0/s1. The Morgan fingerprint density at radius 1 is 1.15 bits per heavy atom. The van der Waals surface area contributed by atoms with Gasteiger partial charge in [-0.05, 0) is 75.0 Å². The Labute approximate surface area is 278 Å². The van der Waals surface area contributed by atoms with Crippen molar-refractivity contribution >= 4 is 33.2 Å². The number of allylic oxidation sites excluding steroid dienone is 4. The van der Waals surface area contributed by atoms with Crippen LogP contribution in [0.2, 0.25) is 0 Å². The molecule has 1 atom stereocenters. The number of hydrogen-bond donors (Lipinski definition) is 3. The van der Waals surface area contributed by atoms with E-state index in [-0.39, 0.29) is 24.7 Å². The summed E-state index contributed by atoms with van der Waals surface area (Å²) in [6.45, 7) is 10.0. The summed E-state index contributed by atoms with van der Waals surface area (Å²) in [5, 5.41) is 11.8. The zero-order chi connectivity index (χ0) is 34.0. The molecule has 1 aliphatic heterocycles. The van der Waals surface area contributed by atoms with Crippen LogP contribution in [0, 0.1) is 11.7 Å². The molecular weight excluding hydrogens is 613 g/mol. The number of hydrogen-bond acceptors (Lipinski definition) is 6. The lowest BCUT2D eigenvalue weighted by molar-refractivity contribution is 0.0131. The van der Waals surface area contributed by atoms with Crippen LogP contribution in [0.1, 0.15) is 26.0 Å². The van der Waals surface area contributed by atoms with Gasteiger partial charge in [0.15, 0.2) is 0 Å². The molecular formula is C37H41F3N8. The number of nitrogens with zero attached hydrogens (tertiary/aromatic N) is 5. The van der Waals surface area contributed by atoms with Gasteiger partial charge in [-0.15, -0.1) is 6.58 Å². The Morgan fingerprint density at radius 3 is 2.73 bits per heavy atom. The van der Waals surface area contributed by atoms with Crippen molar-refractivity contribution in [2.24, 2.45) is 5.92 Å². The predicted octanol–water partition coefficient (Wildman–Crippen LogP) is 7.77. The number of aromatic amines is 2. The first-order valence-corrected chi connectivity index (χ1v) is 16.1. The summed E-state index contributed by atoms with van der Waals surface area (Å²) in [6.07, 6.45) is 7.54. The third-order valence-electron chi connectivity index (χ3n) is 8.50. The molecule has 0 radical (unpaired) electrons. The van der Waals surface area contributed by atoms with E-state index < -0.39 is 5.92 Å². The molecule has 6 rings (SSSR count). The van der Waals surface area contributed by atoms with E-state index in [2.05, 4.69) is 43.0 Å². The van der Waals surface area contributed by atoms with Crippen molar-refractivity contribution in [3.8, 4) is 22.6 Å². The van der Waals surface area contributed by atoms with Gasteiger partial charge in [0.1, 0.15) is 17.0 Å². The molecule has 3 N–H and O–H groups in total. The third kappa shape index (κ3) is 7.53. The van der Waals surface area contributed by atoms with E-state index in [1.165, 1.54) is 12.1 Å². The first-order chi connectivity index (χ1) is 23.0. The molecule has 1 aromatic carbocycles. The van der Waals surface area contributed by atoms with E-state index in [9.17, 15) is 13.2 Å². The number of aromatic nitrogens is 5. The van der Waals surface area contributed by atoms with E-state index in [0.29, 0.717) is 47.8 Å². The quantitative estimate of drug-likeness (QED) is 0.0941. The third-order valence-corrected chi connectivity index (χ3v) is 8.50. The van der Waals surface area contributed by atoms with E-state index >= 15 is 0 Å². The number of benzene rings is 1. The zero-order valence-electron chi connectivity index (χ0n) is 27.7. The molecule has 0 amide bonds. The number of pyridine rings is 2. The molecule has 1 fully saturated rings. The van der Waals surface area contributed by atoms with Gasteiger partial charge in [0.25, 0.3) is 5.92 Å². The van der Waals surface area contributed by atoms with Gasteiger partial charge in [0, 0.05) is 61.0 Å². The van der Waals surface area contributed by atoms with Gasteiger partial charge >= 0.3 is 0 Å². The van der Waals surface area contributed by atoms with Gasteiger partial charge in [-0.1, -0.05) is 30.7 Å². The molecule has 5 heterocycles. The number of nitrogens with one attached hydrogen (secondary N) is 3. The highest BCUT2D eigenvalue weighted by Crippen LogP contribution is 2.34. The normalized spacial score (nSPS) is 16.3. The first-order valence-electron chi connectivity index (χ1n) is 16.1. The Hall–Kier alpha value is -4.74. The minimum Gasteiger partial charge on any atom is -0.384 e. The molecule has 0 unspecified atom stereocenters. The number of H-pyrrole nitrogens is 2. The summed E-state index contributed by atoms with van der Waals surface area (Å²) in [5.41, 5.74) is 8.23. The average molecular weight is 655 g/mol. The lowest BCUT2D eigenvalue weighted by atomic mass is 10.0. The Balaban J connectivity index is 1.35. The van der Waals surface area contributed by atoms with Gasteiger partial charge in [-0.3, -0.25) is 15.0 Å². The molecule has 0 bridgehead atoms. The van der Waals surface area contributed by atoms with E-state index in [1.807, 2.05) is 70.4 Å². The van der Waals surface area contributed by atoms with Crippen LogP contribution in [0.25, 0.3) is 50.2 Å². The molecule has 0 aliphatic carbocycles. The first kappa shape index (κ1) is 33.2. The number of likely N-dealkylation sites (tertiary alicyclic amines) is 1. The lowest BCUT2D eigenvalue weighted by Gasteiger charge is -2.16. The van der Waals surface area contributed by atoms with Crippen LogP contribution < -0.4 is 5.32 Å². The van der Waals surface area contributed by atoms with Crippen LogP contribution >= 0.6 is 0 Å². The Morgan fingerprint density at radius 2 is 1.98 bits per heavy atom. The summed E-state index contributed by atoms with van der Waals surface area (Å²) < 4.78 is 42.4. The summed E-state index contributed by atoms with van der Waals surface area (Å²) in [5.74, 6) is -2.92. The Bertz CT molecular complexity index is 2000. The zero-order valence-corrected chi connectivity index (χ0v) is 27.7. The van der Waals surface area contributed by atoms with Gasteiger partial charge in [0.2, 0.25) is 0 Å². The Kier molecular flexibility index (Phi) is 9.52. The highest BCUT2D eigenvalue weighted by Gasteiger charge is 2.37. The van der Waals surface area contributed by atoms with Crippen LogP contribution in [0.4, 0.5) is 18.9 Å². The second kappa shape index (κ2) is 13.8. The molecule has 8 nitrogen and oxygen atoms in total. The molecule has 1 saturated heterocycles. The molecule has 250 valence electrons. The van der Waals surface area contributed by atoms with Crippen molar-refractivity contribution in [3.63, 3.8) is 0 Å². The largest absolute Gasteiger partial charge is 0.384 e. The number of rotatable bonds is 12. The minimum atomic E-state index is -2.64. The van der Waals surface area contributed by atoms with Crippen molar-refractivity contribution < 1.29 is 13.2 Å². The molecule has 11 heteroatoms. The van der Waals surface area contributed by atoms with Crippen molar-refractivity contribution in [2.45, 2.75) is 26.2 Å². The average Bonchev–Trinajstić information content (AvgIpc) is 3.75. The fourth-order valence-electron chi connectivity index (χ4n) is 6.08. The van der Waals surface area contributed by atoms with E-state index in [0.717, 1.165) is 45.5 Å². The van der Waals surface area contributed by atoms with E-state index in [4.69, 9.17) is 4.98 Å². The highest BCUT2D eigenvalue weighted by atomic mass is 19.3. The van der Waals surface area contributed by atoms with Crippen molar-refractivity contribution in [1.82, 2.24) is 34.9 Å². The van der Waals surface area contributed by atoms with Crippen LogP contribution in [0.5, 0.6) is 0 Å². The summed E-state index contributed by atoms with van der Waals surface area (Å²) in [7, 11) is 3.99. The van der Waals surface area contributed by atoms with Crippen LogP contribution in [-0.2, 0) is 0 Å². The van der Waals surface area contributed by atoms with Gasteiger partial charge in [-0.2, -0.15) is 5.10 Å².